The molecule has 0 spiro atoms. The van der Waals surface area contributed by atoms with Gasteiger partial charge in [-0.05, 0) is 49.1 Å². The second kappa shape index (κ2) is 7.07. The molecule has 3 heteroatoms. The summed E-state index contributed by atoms with van der Waals surface area (Å²) < 4.78 is 6.17. The van der Waals surface area contributed by atoms with Crippen molar-refractivity contribution in [2.45, 2.75) is 71.5 Å². The summed E-state index contributed by atoms with van der Waals surface area (Å²) >= 11 is 0. The molecule has 0 aliphatic heterocycles. The fraction of sp³-hybridized carbons (Fsp3) is 0.706. The average Bonchev–Trinajstić information content (AvgIpc) is 2.47. The Bertz CT molecular complexity index is 431. The predicted molar refractivity (Wildman–Crippen MR) is 80.9 cm³/mol. The van der Waals surface area contributed by atoms with E-state index in [9.17, 15) is 5.11 Å². The summed E-state index contributed by atoms with van der Waals surface area (Å²) in [6, 6.07) is 3.85. The summed E-state index contributed by atoms with van der Waals surface area (Å²) in [6.07, 6.45) is 6.41. The van der Waals surface area contributed by atoms with Gasteiger partial charge >= 0.3 is 0 Å². The van der Waals surface area contributed by atoms with Gasteiger partial charge in [0.2, 0.25) is 5.88 Å². The quantitative estimate of drug-likeness (QED) is 0.883. The van der Waals surface area contributed by atoms with E-state index in [0.717, 1.165) is 17.7 Å². The van der Waals surface area contributed by atoms with Crippen molar-refractivity contribution >= 4 is 0 Å². The maximum Gasteiger partial charge on any atom is 0.214 e. The number of aliphatic hydroxyl groups excluding tert-OH is 1. The van der Waals surface area contributed by atoms with E-state index in [-0.39, 0.29) is 12.7 Å². The molecule has 2 unspecified atom stereocenters. The van der Waals surface area contributed by atoms with Crippen LogP contribution < -0.4 is 4.74 Å². The molecule has 2 rings (SSSR count). The molecule has 3 nitrogen and oxygen atoms in total. The normalized spacial score (nSPS) is 23.1. The molecule has 0 bridgehead atoms. The van der Waals surface area contributed by atoms with Crippen molar-refractivity contribution in [3.63, 3.8) is 0 Å². The number of rotatable bonds is 5. The Hall–Kier alpha value is -1.09. The third-order valence-corrected chi connectivity index (χ3v) is 4.29. The monoisotopic (exact) mass is 277 g/mol. The first-order chi connectivity index (χ1) is 9.63. The van der Waals surface area contributed by atoms with Gasteiger partial charge in [-0.3, -0.25) is 0 Å². The van der Waals surface area contributed by atoms with Gasteiger partial charge in [-0.15, -0.1) is 0 Å². The highest BCUT2D eigenvalue weighted by molar-refractivity contribution is 5.26. The zero-order chi connectivity index (χ0) is 14.5. The lowest BCUT2D eigenvalue weighted by molar-refractivity contribution is 0.0853. The number of aromatic nitrogens is 1. The molecule has 1 saturated carbocycles. The van der Waals surface area contributed by atoms with E-state index >= 15 is 0 Å². The van der Waals surface area contributed by atoms with Gasteiger partial charge in [-0.1, -0.05) is 27.2 Å². The molecule has 1 aromatic rings. The molecule has 0 aromatic carbocycles. The van der Waals surface area contributed by atoms with E-state index in [1.54, 1.807) is 0 Å². The van der Waals surface area contributed by atoms with Crippen molar-refractivity contribution in [1.29, 1.82) is 0 Å². The SMILES string of the molecule is CCC1CCCCC1Oc1cc(CO)cc(C(C)C)n1. The highest BCUT2D eigenvalue weighted by atomic mass is 16.5. The van der Waals surface area contributed by atoms with Crippen molar-refractivity contribution in [2.24, 2.45) is 5.92 Å². The van der Waals surface area contributed by atoms with Crippen LogP contribution in [0.4, 0.5) is 0 Å². The second-order valence-electron chi connectivity index (χ2n) is 6.16. The number of pyridine rings is 1. The van der Waals surface area contributed by atoms with Crippen LogP contribution in [0.25, 0.3) is 0 Å². The third kappa shape index (κ3) is 3.72. The molecule has 1 fully saturated rings. The fourth-order valence-electron chi connectivity index (χ4n) is 2.98. The molecule has 1 heterocycles. The molecule has 1 aromatic heterocycles. The van der Waals surface area contributed by atoms with Crippen LogP contribution in [-0.4, -0.2) is 16.2 Å². The summed E-state index contributed by atoms with van der Waals surface area (Å²) in [5.74, 6) is 1.67. The van der Waals surface area contributed by atoms with Gasteiger partial charge in [0, 0.05) is 11.8 Å². The van der Waals surface area contributed by atoms with Crippen molar-refractivity contribution < 1.29 is 9.84 Å². The Morgan fingerprint density at radius 2 is 2.05 bits per heavy atom. The van der Waals surface area contributed by atoms with Gasteiger partial charge in [0.05, 0.1) is 6.61 Å². The van der Waals surface area contributed by atoms with Gasteiger partial charge < -0.3 is 9.84 Å². The number of ether oxygens (including phenoxy) is 1. The summed E-state index contributed by atoms with van der Waals surface area (Å²) in [5, 5.41) is 9.39. The van der Waals surface area contributed by atoms with Gasteiger partial charge in [0.1, 0.15) is 6.10 Å². The minimum absolute atomic E-state index is 0.0421. The molecule has 0 amide bonds. The molecule has 1 aliphatic carbocycles. The summed E-state index contributed by atoms with van der Waals surface area (Å²) in [4.78, 5) is 4.61. The number of hydrogen-bond acceptors (Lipinski definition) is 3. The lowest BCUT2D eigenvalue weighted by atomic mass is 9.85. The molecule has 1 N–H and O–H groups in total. The maximum absolute atomic E-state index is 9.39. The van der Waals surface area contributed by atoms with Crippen LogP contribution in [0, 0.1) is 5.92 Å². The molecule has 112 valence electrons. The molecule has 2 atom stereocenters. The number of hydrogen-bond donors (Lipinski definition) is 1. The second-order valence-corrected chi connectivity index (χ2v) is 6.16. The van der Waals surface area contributed by atoms with E-state index in [4.69, 9.17) is 4.74 Å². The highest BCUT2D eigenvalue weighted by Gasteiger charge is 2.25. The fourth-order valence-corrected chi connectivity index (χ4v) is 2.98. The highest BCUT2D eigenvalue weighted by Crippen LogP contribution is 2.30. The van der Waals surface area contributed by atoms with Gasteiger partial charge in [-0.25, -0.2) is 4.98 Å². The van der Waals surface area contributed by atoms with Crippen molar-refractivity contribution in [3.05, 3.63) is 23.4 Å². The maximum atomic E-state index is 9.39. The topological polar surface area (TPSA) is 42.4 Å². The van der Waals surface area contributed by atoms with E-state index < -0.39 is 0 Å². The van der Waals surface area contributed by atoms with E-state index in [2.05, 4.69) is 25.8 Å². The van der Waals surface area contributed by atoms with Crippen molar-refractivity contribution in [1.82, 2.24) is 4.98 Å². The molecule has 20 heavy (non-hydrogen) atoms. The van der Waals surface area contributed by atoms with E-state index in [1.165, 1.54) is 25.7 Å². The Morgan fingerprint density at radius 3 is 2.70 bits per heavy atom. The Kier molecular flexibility index (Phi) is 5.41. The lowest BCUT2D eigenvalue weighted by Gasteiger charge is -2.31. The molecular weight excluding hydrogens is 250 g/mol. The number of nitrogens with zero attached hydrogens (tertiary/aromatic N) is 1. The zero-order valence-electron chi connectivity index (χ0n) is 12.9. The minimum Gasteiger partial charge on any atom is -0.474 e. The standard InChI is InChI=1S/C17H27NO2/c1-4-14-7-5-6-8-16(14)20-17-10-13(11-19)9-15(18-17)12(2)3/h9-10,12,14,16,19H,4-8,11H2,1-3H3. The van der Waals surface area contributed by atoms with Gasteiger partial charge in [0.25, 0.3) is 0 Å². The Morgan fingerprint density at radius 1 is 1.30 bits per heavy atom. The van der Waals surface area contributed by atoms with Crippen molar-refractivity contribution in [2.75, 3.05) is 0 Å². The Labute approximate surface area is 122 Å². The van der Waals surface area contributed by atoms with Crippen LogP contribution in [0.3, 0.4) is 0 Å². The number of aliphatic hydroxyl groups is 1. The van der Waals surface area contributed by atoms with Crippen LogP contribution in [0.5, 0.6) is 5.88 Å². The first-order valence-corrected chi connectivity index (χ1v) is 7.92. The predicted octanol–water partition coefficient (Wildman–Crippen LogP) is 4.04. The van der Waals surface area contributed by atoms with Gasteiger partial charge in [-0.2, -0.15) is 0 Å². The lowest BCUT2D eigenvalue weighted by Crippen LogP contribution is -2.30. The average molecular weight is 277 g/mol. The molecule has 1 aliphatic rings. The zero-order valence-corrected chi connectivity index (χ0v) is 12.9. The van der Waals surface area contributed by atoms with Crippen LogP contribution >= 0.6 is 0 Å². The smallest absolute Gasteiger partial charge is 0.214 e. The van der Waals surface area contributed by atoms with Crippen LogP contribution in [0.1, 0.15) is 70.1 Å². The van der Waals surface area contributed by atoms with E-state index in [0.29, 0.717) is 17.7 Å². The molecule has 0 saturated heterocycles. The third-order valence-electron chi connectivity index (χ3n) is 4.29. The molecule has 0 radical (unpaired) electrons. The summed E-state index contributed by atoms with van der Waals surface area (Å²) in [7, 11) is 0. The van der Waals surface area contributed by atoms with E-state index in [1.807, 2.05) is 12.1 Å². The minimum atomic E-state index is 0.0421. The van der Waals surface area contributed by atoms with Crippen LogP contribution in [0.2, 0.25) is 0 Å². The Balaban J connectivity index is 2.16. The summed E-state index contributed by atoms with van der Waals surface area (Å²) in [5.41, 5.74) is 1.89. The van der Waals surface area contributed by atoms with Crippen molar-refractivity contribution in [3.8, 4) is 5.88 Å². The van der Waals surface area contributed by atoms with Crippen LogP contribution in [-0.2, 0) is 6.61 Å². The summed E-state index contributed by atoms with van der Waals surface area (Å²) in [6.45, 7) is 6.51. The first-order valence-electron chi connectivity index (χ1n) is 7.92. The largest absolute Gasteiger partial charge is 0.474 e. The van der Waals surface area contributed by atoms with Gasteiger partial charge in [0.15, 0.2) is 0 Å². The van der Waals surface area contributed by atoms with Crippen LogP contribution in [0.15, 0.2) is 12.1 Å². The first kappa shape index (κ1) is 15.3. The molecular formula is C17H27NO2.